The van der Waals surface area contributed by atoms with Crippen molar-refractivity contribution >= 4 is 22.8 Å². The van der Waals surface area contributed by atoms with Crippen LogP contribution in [0.3, 0.4) is 0 Å². The van der Waals surface area contributed by atoms with Gasteiger partial charge in [0.1, 0.15) is 0 Å². The van der Waals surface area contributed by atoms with Gasteiger partial charge in [-0.25, -0.2) is 0 Å². The number of hydrogen-bond acceptors (Lipinski definition) is 2. The molecular weight excluding hydrogens is 445 g/mol. The van der Waals surface area contributed by atoms with Crippen LogP contribution in [0.25, 0.3) is 10.9 Å². The quantitative estimate of drug-likeness (QED) is 0.452. The molecule has 4 rings (SSSR count). The normalized spacial score (nSPS) is 22.4. The maximum Gasteiger partial charge on any atom is 0.416 e. The highest BCUT2D eigenvalue weighted by Crippen LogP contribution is 2.51. The number of aromatic nitrogens is 1. The number of carbonyl (C=O) groups excluding carboxylic acids is 1. The SMILES string of the molecule is CC1(CCC(=O)O)CC(C)(NC(=O)c2cccc3ccn(Cc4ccc(C(F)(F)F)cc4)c23)C1. The maximum absolute atomic E-state index is 13.3. The van der Waals surface area contributed by atoms with E-state index in [0.29, 0.717) is 36.9 Å². The van der Waals surface area contributed by atoms with Crippen LogP contribution < -0.4 is 5.32 Å². The summed E-state index contributed by atoms with van der Waals surface area (Å²) in [4.78, 5) is 24.2. The largest absolute Gasteiger partial charge is 0.481 e. The van der Waals surface area contributed by atoms with E-state index in [-0.39, 0.29) is 17.7 Å². The van der Waals surface area contributed by atoms with Crippen LogP contribution >= 0.6 is 0 Å². The second-order valence-corrected chi connectivity index (χ2v) is 9.95. The molecule has 1 aliphatic carbocycles. The molecule has 0 unspecified atom stereocenters. The van der Waals surface area contributed by atoms with Gasteiger partial charge < -0.3 is 15.0 Å². The Morgan fingerprint density at radius 2 is 1.74 bits per heavy atom. The molecule has 0 aliphatic heterocycles. The topological polar surface area (TPSA) is 71.3 Å². The molecule has 1 saturated carbocycles. The van der Waals surface area contributed by atoms with Crippen molar-refractivity contribution in [1.29, 1.82) is 0 Å². The van der Waals surface area contributed by atoms with E-state index < -0.39 is 23.2 Å². The second kappa shape index (κ2) is 8.49. The number of fused-ring (bicyclic) bond motifs is 1. The first-order chi connectivity index (χ1) is 15.9. The Kier molecular flexibility index (Phi) is 5.96. The number of nitrogens with one attached hydrogen (secondary N) is 1. The summed E-state index contributed by atoms with van der Waals surface area (Å²) in [5.41, 5.74) is 0.678. The Balaban J connectivity index is 1.52. The Labute approximate surface area is 195 Å². The molecule has 8 heteroatoms. The van der Waals surface area contributed by atoms with E-state index in [4.69, 9.17) is 5.11 Å². The minimum Gasteiger partial charge on any atom is -0.481 e. The second-order valence-electron chi connectivity index (χ2n) is 9.95. The monoisotopic (exact) mass is 472 g/mol. The Hall–Kier alpha value is -3.29. The number of halogens is 3. The molecule has 1 fully saturated rings. The smallest absolute Gasteiger partial charge is 0.416 e. The number of alkyl halides is 3. The fraction of sp³-hybridized carbons (Fsp3) is 0.385. The zero-order valence-electron chi connectivity index (χ0n) is 19.1. The van der Waals surface area contributed by atoms with Crippen LogP contribution in [0.15, 0.2) is 54.7 Å². The van der Waals surface area contributed by atoms with Crippen LogP contribution in [0.4, 0.5) is 13.2 Å². The van der Waals surface area contributed by atoms with Gasteiger partial charge in [0.15, 0.2) is 0 Å². The predicted octanol–water partition coefficient (Wildman–Crippen LogP) is 5.86. The number of nitrogens with zero attached hydrogens (tertiary/aromatic N) is 1. The van der Waals surface area contributed by atoms with E-state index in [0.717, 1.165) is 23.0 Å². The fourth-order valence-electron chi connectivity index (χ4n) is 5.42. The van der Waals surface area contributed by atoms with Crippen LogP contribution in [0.1, 0.15) is 61.0 Å². The number of hydrogen-bond donors (Lipinski definition) is 2. The van der Waals surface area contributed by atoms with Gasteiger partial charge in [0.25, 0.3) is 5.91 Å². The standard InChI is InChI=1S/C26H27F3N2O3/c1-24(12-10-21(32)33)15-25(2,16-24)30-23(34)20-5-3-4-18-11-13-31(22(18)20)14-17-6-8-19(9-7-17)26(27,28)29/h3-9,11,13H,10,12,14-16H2,1-2H3,(H,30,34)(H,32,33). The van der Waals surface area contributed by atoms with E-state index in [9.17, 15) is 22.8 Å². The third-order valence-corrected chi connectivity index (χ3v) is 6.66. The lowest BCUT2D eigenvalue weighted by Crippen LogP contribution is -2.59. The van der Waals surface area contributed by atoms with Crippen molar-refractivity contribution in [2.24, 2.45) is 5.41 Å². The zero-order chi connectivity index (χ0) is 24.7. The number of carboxylic acid groups (broad SMARTS) is 1. The minimum absolute atomic E-state index is 0.108. The van der Waals surface area contributed by atoms with Gasteiger partial charge in [-0.15, -0.1) is 0 Å². The van der Waals surface area contributed by atoms with Crippen LogP contribution in [0, 0.1) is 5.41 Å². The van der Waals surface area contributed by atoms with E-state index in [1.54, 1.807) is 12.1 Å². The number of rotatable bonds is 7. The van der Waals surface area contributed by atoms with Crippen LogP contribution in [0.2, 0.25) is 0 Å². The van der Waals surface area contributed by atoms with E-state index in [2.05, 4.69) is 5.32 Å². The van der Waals surface area contributed by atoms with Crippen LogP contribution in [0.5, 0.6) is 0 Å². The number of aliphatic carboxylic acids is 1. The maximum atomic E-state index is 13.3. The van der Waals surface area contributed by atoms with Gasteiger partial charge in [0.05, 0.1) is 16.6 Å². The number of para-hydroxylation sites is 1. The molecule has 180 valence electrons. The molecular formula is C26H27F3N2O3. The summed E-state index contributed by atoms with van der Waals surface area (Å²) in [7, 11) is 0. The molecule has 1 amide bonds. The summed E-state index contributed by atoms with van der Waals surface area (Å²) in [5.74, 6) is -1.04. The molecule has 1 aliphatic rings. The highest BCUT2D eigenvalue weighted by Gasteiger charge is 2.49. The minimum atomic E-state index is -4.38. The first kappa shape index (κ1) is 23.9. The molecule has 5 nitrogen and oxygen atoms in total. The summed E-state index contributed by atoms with van der Waals surface area (Å²) in [6.07, 6.45) is -0.488. The molecule has 1 aromatic heterocycles. The lowest BCUT2D eigenvalue weighted by atomic mass is 9.57. The van der Waals surface area contributed by atoms with Gasteiger partial charge in [0.2, 0.25) is 0 Å². The van der Waals surface area contributed by atoms with Crippen molar-refractivity contribution in [3.63, 3.8) is 0 Å². The third-order valence-electron chi connectivity index (χ3n) is 6.66. The molecule has 0 atom stereocenters. The average Bonchev–Trinajstić information content (AvgIpc) is 3.14. The number of benzene rings is 2. The molecule has 0 spiro atoms. The Morgan fingerprint density at radius 1 is 1.06 bits per heavy atom. The van der Waals surface area contributed by atoms with Crippen molar-refractivity contribution in [1.82, 2.24) is 9.88 Å². The van der Waals surface area contributed by atoms with Crippen molar-refractivity contribution in [3.05, 3.63) is 71.4 Å². The third kappa shape index (κ3) is 4.95. The molecule has 0 saturated heterocycles. The van der Waals surface area contributed by atoms with Crippen molar-refractivity contribution in [2.75, 3.05) is 0 Å². The first-order valence-corrected chi connectivity index (χ1v) is 11.2. The molecule has 2 aromatic carbocycles. The van der Waals surface area contributed by atoms with E-state index >= 15 is 0 Å². The van der Waals surface area contributed by atoms with Crippen LogP contribution in [-0.2, 0) is 17.5 Å². The van der Waals surface area contributed by atoms with Gasteiger partial charge >= 0.3 is 12.1 Å². The van der Waals surface area contributed by atoms with Crippen molar-refractivity contribution in [2.45, 2.75) is 57.8 Å². The van der Waals surface area contributed by atoms with Gasteiger partial charge in [-0.05, 0) is 61.4 Å². The van der Waals surface area contributed by atoms with Gasteiger partial charge in [-0.3, -0.25) is 9.59 Å². The molecule has 2 N–H and O–H groups in total. The summed E-state index contributed by atoms with van der Waals surface area (Å²) >= 11 is 0. The lowest BCUT2D eigenvalue weighted by molar-refractivity contribution is -0.139. The Bertz CT molecular complexity index is 1220. The van der Waals surface area contributed by atoms with Crippen molar-refractivity contribution in [3.8, 4) is 0 Å². The summed E-state index contributed by atoms with van der Waals surface area (Å²) in [5, 5.41) is 12.9. The molecule has 0 radical (unpaired) electrons. The van der Waals surface area contributed by atoms with Crippen LogP contribution in [-0.4, -0.2) is 27.1 Å². The summed E-state index contributed by atoms with van der Waals surface area (Å²) in [6, 6.07) is 12.3. The number of carbonyl (C=O) groups is 2. The Morgan fingerprint density at radius 3 is 2.35 bits per heavy atom. The van der Waals surface area contributed by atoms with Gasteiger partial charge in [-0.1, -0.05) is 31.2 Å². The summed E-state index contributed by atoms with van der Waals surface area (Å²) in [6.45, 7) is 4.34. The highest BCUT2D eigenvalue weighted by atomic mass is 19.4. The average molecular weight is 473 g/mol. The molecule has 34 heavy (non-hydrogen) atoms. The van der Waals surface area contributed by atoms with E-state index in [1.807, 2.05) is 36.7 Å². The predicted molar refractivity (Wildman–Crippen MR) is 123 cm³/mol. The van der Waals surface area contributed by atoms with E-state index in [1.165, 1.54) is 12.1 Å². The molecule has 3 aromatic rings. The fourth-order valence-corrected chi connectivity index (χ4v) is 5.42. The number of carboxylic acids is 1. The van der Waals surface area contributed by atoms with Gasteiger partial charge in [0, 0.05) is 30.1 Å². The molecule has 0 bridgehead atoms. The number of amides is 1. The van der Waals surface area contributed by atoms with Crippen molar-refractivity contribution < 1.29 is 27.9 Å². The zero-order valence-corrected chi connectivity index (χ0v) is 19.1. The first-order valence-electron chi connectivity index (χ1n) is 11.2. The van der Waals surface area contributed by atoms with Gasteiger partial charge in [-0.2, -0.15) is 13.2 Å². The molecule has 1 heterocycles. The highest BCUT2D eigenvalue weighted by molar-refractivity contribution is 6.06. The summed E-state index contributed by atoms with van der Waals surface area (Å²) < 4.78 is 40.5. The lowest BCUT2D eigenvalue weighted by Gasteiger charge is -2.53.